The van der Waals surface area contributed by atoms with Crippen LogP contribution < -0.4 is 4.74 Å². The molecule has 6 heteroatoms. The molecule has 0 aromatic heterocycles. The highest BCUT2D eigenvalue weighted by molar-refractivity contribution is 7.91. The maximum atomic E-state index is 13.2. The highest BCUT2D eigenvalue weighted by atomic mass is 32.2. The molecule has 1 fully saturated rings. The molecule has 0 N–H and O–H groups in total. The first-order valence-electron chi connectivity index (χ1n) is 8.59. The molecule has 5 nitrogen and oxygen atoms in total. The largest absolute Gasteiger partial charge is 0.497 e. The summed E-state index contributed by atoms with van der Waals surface area (Å²) in [7, 11) is -1.49. The third kappa shape index (κ3) is 4.25. The first kappa shape index (κ1) is 18.5. The average molecular weight is 373 g/mol. The second-order valence-electron chi connectivity index (χ2n) is 6.71. The van der Waals surface area contributed by atoms with Gasteiger partial charge in [-0.2, -0.15) is 0 Å². The molecular weight excluding hydrogens is 350 g/mol. The van der Waals surface area contributed by atoms with Crippen molar-refractivity contribution in [2.45, 2.75) is 25.9 Å². The Hall–Kier alpha value is -2.34. The normalized spacial score (nSPS) is 18.5. The number of amides is 1. The highest BCUT2D eigenvalue weighted by Gasteiger charge is 2.35. The van der Waals surface area contributed by atoms with Crippen LogP contribution in [-0.4, -0.2) is 43.9 Å². The van der Waals surface area contributed by atoms with Crippen molar-refractivity contribution in [2.75, 3.05) is 18.6 Å². The summed E-state index contributed by atoms with van der Waals surface area (Å²) in [6.07, 6.45) is 0.476. The second kappa shape index (κ2) is 7.50. The van der Waals surface area contributed by atoms with E-state index in [4.69, 9.17) is 4.74 Å². The standard InChI is InChI=1S/C20H23NO4S/c1-15-5-3-7-17(11-15)20(22)21(18-9-10-26(23,24)14-18)13-16-6-4-8-19(12-16)25-2/h3-8,11-12,18H,9-10,13-14H2,1-2H3/t18-/m1/s1. The summed E-state index contributed by atoms with van der Waals surface area (Å²) in [5, 5.41) is 0. The summed E-state index contributed by atoms with van der Waals surface area (Å²) in [5.41, 5.74) is 2.49. The minimum atomic E-state index is -3.09. The van der Waals surface area contributed by atoms with Crippen LogP contribution in [0, 0.1) is 6.92 Å². The molecule has 0 saturated carbocycles. The zero-order valence-electron chi connectivity index (χ0n) is 15.0. The second-order valence-corrected chi connectivity index (χ2v) is 8.94. The van der Waals surface area contributed by atoms with E-state index in [1.54, 1.807) is 18.1 Å². The Bertz CT molecular complexity index is 908. The van der Waals surface area contributed by atoms with Gasteiger partial charge in [-0.3, -0.25) is 4.79 Å². The lowest BCUT2D eigenvalue weighted by Crippen LogP contribution is -2.40. The molecule has 1 aliphatic rings. The average Bonchev–Trinajstić information content (AvgIpc) is 2.99. The van der Waals surface area contributed by atoms with Crippen LogP contribution in [0.25, 0.3) is 0 Å². The lowest BCUT2D eigenvalue weighted by molar-refractivity contribution is 0.0680. The topological polar surface area (TPSA) is 63.7 Å². The van der Waals surface area contributed by atoms with E-state index < -0.39 is 9.84 Å². The van der Waals surface area contributed by atoms with E-state index in [2.05, 4.69) is 0 Å². The van der Waals surface area contributed by atoms with Crippen molar-refractivity contribution in [3.05, 3.63) is 65.2 Å². The Morgan fingerprint density at radius 2 is 1.96 bits per heavy atom. The van der Waals surface area contributed by atoms with Gasteiger partial charge in [0, 0.05) is 18.2 Å². The molecule has 1 heterocycles. The molecule has 138 valence electrons. The maximum absolute atomic E-state index is 13.2. The zero-order valence-corrected chi connectivity index (χ0v) is 15.8. The van der Waals surface area contributed by atoms with E-state index in [0.717, 1.165) is 11.1 Å². The Morgan fingerprint density at radius 3 is 2.62 bits per heavy atom. The smallest absolute Gasteiger partial charge is 0.254 e. The molecule has 1 amide bonds. The first-order valence-corrected chi connectivity index (χ1v) is 10.4. The molecule has 1 aliphatic heterocycles. The summed E-state index contributed by atoms with van der Waals surface area (Å²) in [6, 6.07) is 14.6. The summed E-state index contributed by atoms with van der Waals surface area (Å²) in [4.78, 5) is 14.8. The minimum absolute atomic E-state index is 0.0223. The molecule has 0 aliphatic carbocycles. The van der Waals surface area contributed by atoms with Crippen molar-refractivity contribution in [2.24, 2.45) is 0 Å². The maximum Gasteiger partial charge on any atom is 0.254 e. The number of nitrogens with zero attached hydrogens (tertiary/aromatic N) is 1. The van der Waals surface area contributed by atoms with Gasteiger partial charge in [-0.1, -0.05) is 29.8 Å². The SMILES string of the molecule is COc1cccc(CN(C(=O)c2cccc(C)c2)[C@@H]2CCS(=O)(=O)C2)c1. The van der Waals surface area contributed by atoms with Gasteiger partial charge in [0.05, 0.1) is 18.6 Å². The van der Waals surface area contributed by atoms with Gasteiger partial charge in [-0.15, -0.1) is 0 Å². The molecule has 26 heavy (non-hydrogen) atoms. The minimum Gasteiger partial charge on any atom is -0.497 e. The summed E-state index contributed by atoms with van der Waals surface area (Å²) in [6.45, 7) is 2.29. The Kier molecular flexibility index (Phi) is 5.32. The van der Waals surface area contributed by atoms with Crippen molar-refractivity contribution in [3.63, 3.8) is 0 Å². The van der Waals surface area contributed by atoms with Crippen molar-refractivity contribution in [3.8, 4) is 5.75 Å². The van der Waals surface area contributed by atoms with Gasteiger partial charge in [-0.05, 0) is 43.2 Å². The van der Waals surface area contributed by atoms with Gasteiger partial charge in [0.2, 0.25) is 0 Å². The third-order valence-corrected chi connectivity index (χ3v) is 6.41. The van der Waals surface area contributed by atoms with Crippen LogP contribution in [0.2, 0.25) is 0 Å². The van der Waals surface area contributed by atoms with Crippen molar-refractivity contribution in [1.82, 2.24) is 4.90 Å². The molecule has 0 bridgehead atoms. The molecule has 0 spiro atoms. The fourth-order valence-electron chi connectivity index (χ4n) is 3.30. The number of carbonyl (C=O) groups excluding carboxylic acids is 1. The molecule has 1 atom stereocenters. The lowest BCUT2D eigenvalue weighted by atomic mass is 10.1. The monoisotopic (exact) mass is 373 g/mol. The molecule has 2 aromatic rings. The molecule has 1 saturated heterocycles. The van der Waals surface area contributed by atoms with E-state index in [1.807, 2.05) is 49.4 Å². The van der Waals surface area contributed by atoms with Crippen LogP contribution in [0.5, 0.6) is 5.75 Å². The first-order chi connectivity index (χ1) is 12.4. The van der Waals surface area contributed by atoms with Crippen LogP contribution in [0.4, 0.5) is 0 Å². The number of rotatable bonds is 5. The third-order valence-electron chi connectivity index (χ3n) is 4.66. The summed E-state index contributed by atoms with van der Waals surface area (Å²) < 4.78 is 29.2. The van der Waals surface area contributed by atoms with E-state index >= 15 is 0 Å². The number of hydrogen-bond acceptors (Lipinski definition) is 4. The Morgan fingerprint density at radius 1 is 1.19 bits per heavy atom. The quantitative estimate of drug-likeness (QED) is 0.808. The van der Waals surface area contributed by atoms with Crippen molar-refractivity contribution < 1.29 is 17.9 Å². The van der Waals surface area contributed by atoms with Crippen LogP contribution in [0.1, 0.15) is 27.9 Å². The number of ether oxygens (including phenoxy) is 1. The summed E-state index contributed by atoms with van der Waals surface area (Å²) >= 11 is 0. The number of benzene rings is 2. The van der Waals surface area contributed by atoms with Gasteiger partial charge in [0.15, 0.2) is 9.84 Å². The number of aryl methyl sites for hydroxylation is 1. The fraction of sp³-hybridized carbons (Fsp3) is 0.350. The number of hydrogen-bond donors (Lipinski definition) is 0. The number of methoxy groups -OCH3 is 1. The van der Waals surface area contributed by atoms with E-state index in [-0.39, 0.29) is 23.5 Å². The highest BCUT2D eigenvalue weighted by Crippen LogP contribution is 2.24. The molecule has 0 radical (unpaired) electrons. The van der Waals surface area contributed by atoms with Gasteiger partial charge in [-0.25, -0.2) is 8.42 Å². The van der Waals surface area contributed by atoms with Gasteiger partial charge < -0.3 is 9.64 Å². The molecule has 2 aromatic carbocycles. The van der Waals surface area contributed by atoms with Gasteiger partial charge in [0.25, 0.3) is 5.91 Å². The predicted octanol–water partition coefficient (Wildman–Crippen LogP) is 2.83. The van der Waals surface area contributed by atoms with Crippen molar-refractivity contribution >= 4 is 15.7 Å². The predicted molar refractivity (Wildman–Crippen MR) is 101 cm³/mol. The van der Waals surface area contributed by atoms with Crippen LogP contribution >= 0.6 is 0 Å². The van der Waals surface area contributed by atoms with Crippen LogP contribution in [0.3, 0.4) is 0 Å². The summed E-state index contributed by atoms with van der Waals surface area (Å²) in [5.74, 6) is 0.727. The Balaban J connectivity index is 1.92. The number of sulfone groups is 1. The Labute approximate surface area is 154 Å². The molecule has 3 rings (SSSR count). The fourth-order valence-corrected chi connectivity index (χ4v) is 5.03. The van der Waals surface area contributed by atoms with Crippen molar-refractivity contribution in [1.29, 1.82) is 0 Å². The molecule has 0 unspecified atom stereocenters. The lowest BCUT2D eigenvalue weighted by Gasteiger charge is -2.29. The van der Waals surface area contributed by atoms with E-state index in [0.29, 0.717) is 24.3 Å². The van der Waals surface area contributed by atoms with Crippen LogP contribution in [0.15, 0.2) is 48.5 Å². The molecular formula is C20H23NO4S. The van der Waals surface area contributed by atoms with Gasteiger partial charge >= 0.3 is 0 Å². The van der Waals surface area contributed by atoms with Gasteiger partial charge in [0.1, 0.15) is 5.75 Å². The van der Waals surface area contributed by atoms with Crippen LogP contribution in [-0.2, 0) is 16.4 Å². The number of carbonyl (C=O) groups is 1. The van der Waals surface area contributed by atoms with E-state index in [9.17, 15) is 13.2 Å². The van der Waals surface area contributed by atoms with E-state index in [1.165, 1.54) is 0 Å². The zero-order chi connectivity index (χ0) is 18.7.